The molecule has 0 heterocycles. The molecule has 0 spiro atoms. The Bertz CT molecular complexity index is 834. The Labute approximate surface area is 156 Å². The average Bonchev–Trinajstić information content (AvgIpc) is 2.59. The zero-order chi connectivity index (χ0) is 18.6. The standard InChI is InChI=1S/C17H20BrN3O3S/c1-12(2)13-3-7-15(8-4-13)21(11-17(22)20-19)25(23,24)16-9-5-14(18)6-10-16/h3-10,12H,11,19H2,1-2H3,(H,20,22). The van der Waals surface area contributed by atoms with E-state index in [-0.39, 0.29) is 4.90 Å². The molecule has 0 radical (unpaired) electrons. The molecule has 0 saturated carbocycles. The summed E-state index contributed by atoms with van der Waals surface area (Å²) in [5.41, 5.74) is 3.45. The molecule has 0 aliphatic rings. The number of hydrogen-bond donors (Lipinski definition) is 2. The Morgan fingerprint density at radius 1 is 1.12 bits per heavy atom. The quantitative estimate of drug-likeness (QED) is 0.422. The van der Waals surface area contributed by atoms with Gasteiger partial charge in [0, 0.05) is 4.47 Å². The van der Waals surface area contributed by atoms with E-state index in [1.54, 1.807) is 24.3 Å². The predicted molar refractivity (Wildman–Crippen MR) is 102 cm³/mol. The van der Waals surface area contributed by atoms with E-state index in [9.17, 15) is 13.2 Å². The molecule has 1 amide bonds. The Kier molecular flexibility index (Phi) is 6.21. The molecule has 25 heavy (non-hydrogen) atoms. The second-order valence-electron chi connectivity index (χ2n) is 5.78. The number of sulfonamides is 1. The first kappa shape index (κ1) is 19.4. The third kappa shape index (κ3) is 4.59. The molecule has 0 unspecified atom stereocenters. The molecule has 0 aliphatic heterocycles. The van der Waals surface area contributed by atoms with Gasteiger partial charge in [-0.25, -0.2) is 14.3 Å². The van der Waals surface area contributed by atoms with Crippen molar-refractivity contribution in [3.05, 3.63) is 58.6 Å². The van der Waals surface area contributed by atoms with Gasteiger partial charge in [-0.3, -0.25) is 14.5 Å². The topological polar surface area (TPSA) is 92.5 Å². The molecule has 8 heteroatoms. The number of amides is 1. The summed E-state index contributed by atoms with van der Waals surface area (Å²) >= 11 is 3.28. The zero-order valence-electron chi connectivity index (χ0n) is 13.9. The lowest BCUT2D eigenvalue weighted by molar-refractivity contribution is -0.119. The molecule has 2 aromatic carbocycles. The fourth-order valence-corrected chi connectivity index (χ4v) is 3.94. The maximum absolute atomic E-state index is 13.0. The minimum absolute atomic E-state index is 0.0912. The van der Waals surface area contributed by atoms with Crippen molar-refractivity contribution in [2.45, 2.75) is 24.7 Å². The molecule has 0 fully saturated rings. The van der Waals surface area contributed by atoms with Crippen LogP contribution in [0.1, 0.15) is 25.3 Å². The first-order valence-electron chi connectivity index (χ1n) is 7.63. The van der Waals surface area contributed by atoms with Gasteiger partial charge < -0.3 is 0 Å². The molecule has 0 bridgehead atoms. The second kappa shape index (κ2) is 7.99. The summed E-state index contributed by atoms with van der Waals surface area (Å²) in [6, 6.07) is 13.3. The molecule has 0 aromatic heterocycles. The van der Waals surface area contributed by atoms with E-state index >= 15 is 0 Å². The Morgan fingerprint density at radius 3 is 2.16 bits per heavy atom. The zero-order valence-corrected chi connectivity index (χ0v) is 16.3. The highest BCUT2D eigenvalue weighted by molar-refractivity contribution is 9.10. The summed E-state index contributed by atoms with van der Waals surface area (Å²) in [4.78, 5) is 11.8. The molecule has 6 nitrogen and oxygen atoms in total. The number of nitrogens with one attached hydrogen (secondary N) is 1. The summed E-state index contributed by atoms with van der Waals surface area (Å²) in [6.07, 6.45) is 0. The number of carbonyl (C=O) groups is 1. The molecule has 0 aliphatic carbocycles. The second-order valence-corrected chi connectivity index (χ2v) is 8.56. The average molecular weight is 426 g/mol. The van der Waals surface area contributed by atoms with Gasteiger partial charge in [0.15, 0.2) is 0 Å². The normalized spacial score (nSPS) is 11.4. The van der Waals surface area contributed by atoms with Crippen LogP contribution in [0.2, 0.25) is 0 Å². The molecular formula is C17H20BrN3O3S. The minimum Gasteiger partial charge on any atom is -0.293 e. The van der Waals surface area contributed by atoms with Gasteiger partial charge in [-0.05, 0) is 47.9 Å². The molecule has 0 saturated heterocycles. The van der Waals surface area contributed by atoms with Crippen LogP contribution in [-0.2, 0) is 14.8 Å². The largest absolute Gasteiger partial charge is 0.293 e. The summed E-state index contributed by atoms with van der Waals surface area (Å²) in [5, 5.41) is 0. The van der Waals surface area contributed by atoms with Crippen molar-refractivity contribution < 1.29 is 13.2 Å². The molecule has 134 valence electrons. The van der Waals surface area contributed by atoms with E-state index in [1.807, 2.05) is 31.4 Å². The molecular weight excluding hydrogens is 406 g/mol. The van der Waals surface area contributed by atoms with Crippen molar-refractivity contribution in [3.63, 3.8) is 0 Å². The maximum Gasteiger partial charge on any atom is 0.264 e. The lowest BCUT2D eigenvalue weighted by Gasteiger charge is -2.24. The first-order valence-corrected chi connectivity index (χ1v) is 9.86. The summed E-state index contributed by atoms with van der Waals surface area (Å²) in [7, 11) is -3.91. The molecule has 3 N–H and O–H groups in total. The highest BCUT2D eigenvalue weighted by Gasteiger charge is 2.27. The SMILES string of the molecule is CC(C)c1ccc(N(CC(=O)NN)S(=O)(=O)c2ccc(Br)cc2)cc1. The van der Waals surface area contributed by atoms with Crippen LogP contribution in [0.15, 0.2) is 57.9 Å². The van der Waals surface area contributed by atoms with E-state index < -0.39 is 22.5 Å². The van der Waals surface area contributed by atoms with E-state index in [0.29, 0.717) is 11.6 Å². The van der Waals surface area contributed by atoms with Gasteiger partial charge in [-0.1, -0.05) is 41.9 Å². The van der Waals surface area contributed by atoms with Crippen LogP contribution < -0.4 is 15.6 Å². The molecule has 0 atom stereocenters. The summed E-state index contributed by atoms with van der Waals surface area (Å²) in [5.74, 6) is 4.85. The lowest BCUT2D eigenvalue weighted by Crippen LogP contribution is -2.43. The Hall–Kier alpha value is -1.90. The summed E-state index contributed by atoms with van der Waals surface area (Å²) < 4.78 is 27.8. The Balaban J connectivity index is 2.48. The number of halogens is 1. The van der Waals surface area contributed by atoms with Crippen LogP contribution >= 0.6 is 15.9 Å². The van der Waals surface area contributed by atoms with Crippen LogP contribution in [0, 0.1) is 0 Å². The summed E-state index contributed by atoms with van der Waals surface area (Å²) in [6.45, 7) is 3.69. The number of hydrogen-bond acceptors (Lipinski definition) is 4. The number of carbonyl (C=O) groups excluding carboxylic acids is 1. The number of anilines is 1. The van der Waals surface area contributed by atoms with Crippen LogP contribution in [0.4, 0.5) is 5.69 Å². The van der Waals surface area contributed by atoms with E-state index in [1.165, 1.54) is 12.1 Å². The van der Waals surface area contributed by atoms with Gasteiger partial charge in [0.05, 0.1) is 10.6 Å². The number of benzene rings is 2. The van der Waals surface area contributed by atoms with Crippen molar-refractivity contribution >= 4 is 37.5 Å². The van der Waals surface area contributed by atoms with Crippen molar-refractivity contribution in [1.82, 2.24) is 5.43 Å². The van der Waals surface area contributed by atoms with Gasteiger partial charge >= 0.3 is 0 Å². The number of rotatable bonds is 6. The van der Waals surface area contributed by atoms with Gasteiger partial charge in [0.2, 0.25) is 0 Å². The van der Waals surface area contributed by atoms with E-state index in [2.05, 4.69) is 15.9 Å². The first-order chi connectivity index (χ1) is 11.8. The highest BCUT2D eigenvalue weighted by Crippen LogP contribution is 2.26. The Morgan fingerprint density at radius 2 is 1.68 bits per heavy atom. The highest BCUT2D eigenvalue weighted by atomic mass is 79.9. The van der Waals surface area contributed by atoms with Gasteiger partial charge in [-0.15, -0.1) is 0 Å². The van der Waals surface area contributed by atoms with Gasteiger partial charge in [-0.2, -0.15) is 0 Å². The van der Waals surface area contributed by atoms with Crippen molar-refractivity contribution in [2.24, 2.45) is 5.84 Å². The minimum atomic E-state index is -3.91. The molecule has 2 rings (SSSR count). The number of nitrogens with zero attached hydrogens (tertiary/aromatic N) is 1. The van der Waals surface area contributed by atoms with Crippen LogP contribution in [0.5, 0.6) is 0 Å². The smallest absolute Gasteiger partial charge is 0.264 e. The monoisotopic (exact) mass is 425 g/mol. The van der Waals surface area contributed by atoms with Crippen LogP contribution in [0.25, 0.3) is 0 Å². The lowest BCUT2D eigenvalue weighted by atomic mass is 10.0. The predicted octanol–water partition coefficient (Wildman–Crippen LogP) is 2.76. The molecule has 2 aromatic rings. The van der Waals surface area contributed by atoms with Crippen LogP contribution in [-0.4, -0.2) is 20.9 Å². The fraction of sp³-hybridized carbons (Fsp3) is 0.235. The number of hydrazine groups is 1. The third-order valence-electron chi connectivity index (χ3n) is 3.70. The van der Waals surface area contributed by atoms with Crippen molar-refractivity contribution in [2.75, 3.05) is 10.8 Å². The van der Waals surface area contributed by atoms with Gasteiger partial charge in [0.1, 0.15) is 6.54 Å². The van der Waals surface area contributed by atoms with E-state index in [0.717, 1.165) is 14.3 Å². The maximum atomic E-state index is 13.0. The van der Waals surface area contributed by atoms with Crippen molar-refractivity contribution in [1.29, 1.82) is 0 Å². The van der Waals surface area contributed by atoms with E-state index in [4.69, 9.17) is 5.84 Å². The van der Waals surface area contributed by atoms with Gasteiger partial charge in [0.25, 0.3) is 15.9 Å². The number of nitrogens with two attached hydrogens (primary N) is 1. The third-order valence-corrected chi connectivity index (χ3v) is 6.01. The van der Waals surface area contributed by atoms with Crippen LogP contribution in [0.3, 0.4) is 0 Å². The van der Waals surface area contributed by atoms with Crippen molar-refractivity contribution in [3.8, 4) is 0 Å². The fourth-order valence-electron chi connectivity index (χ4n) is 2.25.